The number of alkyl carbamates (subject to hydrolysis) is 1. The average molecular weight is 436 g/mol. The number of amides is 1. The molecule has 0 saturated carbocycles. The zero-order valence-electron chi connectivity index (χ0n) is 16.8. The van der Waals surface area contributed by atoms with Gasteiger partial charge in [-0.1, -0.05) is 29.4 Å². The standard InChI is InChI=1S/C20H26ClN5O2S/c1-20(2,3)28-19(27)25-9-13-7-8-26(12-13)16-10-24-17(11-23-16)29-15-6-4-5-14(22)18(15)21/h4-6,10-11,13H,7-9,12,22H2,1-3H3,(H,25,27)/t13-/m1/s1. The van der Waals surface area contributed by atoms with Gasteiger partial charge in [-0.05, 0) is 45.2 Å². The monoisotopic (exact) mass is 435 g/mol. The third-order valence-electron chi connectivity index (χ3n) is 4.37. The van der Waals surface area contributed by atoms with E-state index in [-0.39, 0.29) is 6.09 Å². The maximum Gasteiger partial charge on any atom is 0.407 e. The molecule has 29 heavy (non-hydrogen) atoms. The zero-order valence-corrected chi connectivity index (χ0v) is 18.4. The Balaban J connectivity index is 1.52. The molecule has 0 bridgehead atoms. The molecular weight excluding hydrogens is 410 g/mol. The van der Waals surface area contributed by atoms with Gasteiger partial charge in [0.1, 0.15) is 16.4 Å². The molecule has 1 fully saturated rings. The smallest absolute Gasteiger partial charge is 0.407 e. The van der Waals surface area contributed by atoms with E-state index < -0.39 is 5.60 Å². The summed E-state index contributed by atoms with van der Waals surface area (Å²) in [6.07, 6.45) is 4.11. The number of carbonyl (C=O) groups is 1. The van der Waals surface area contributed by atoms with Crippen LogP contribution < -0.4 is 16.0 Å². The first-order chi connectivity index (χ1) is 13.7. The molecule has 3 rings (SSSR count). The van der Waals surface area contributed by atoms with Crippen LogP contribution in [-0.2, 0) is 4.74 Å². The lowest BCUT2D eigenvalue weighted by Crippen LogP contribution is -2.36. The molecule has 0 radical (unpaired) electrons. The average Bonchev–Trinajstić information content (AvgIpc) is 3.12. The highest BCUT2D eigenvalue weighted by molar-refractivity contribution is 7.99. The molecule has 156 valence electrons. The van der Waals surface area contributed by atoms with Crippen LogP contribution in [0.15, 0.2) is 40.5 Å². The summed E-state index contributed by atoms with van der Waals surface area (Å²) >= 11 is 7.67. The molecule has 0 spiro atoms. The van der Waals surface area contributed by atoms with Gasteiger partial charge in [0.15, 0.2) is 0 Å². The lowest BCUT2D eigenvalue weighted by atomic mass is 10.1. The molecule has 1 aliphatic rings. The predicted molar refractivity (Wildman–Crippen MR) is 117 cm³/mol. The molecule has 3 N–H and O–H groups in total. The number of rotatable bonds is 5. The first-order valence-electron chi connectivity index (χ1n) is 9.47. The summed E-state index contributed by atoms with van der Waals surface area (Å²) in [6.45, 7) is 7.84. The van der Waals surface area contributed by atoms with Gasteiger partial charge in [0.05, 0.1) is 23.1 Å². The maximum atomic E-state index is 11.8. The number of halogens is 1. The summed E-state index contributed by atoms with van der Waals surface area (Å²) in [5.41, 5.74) is 5.90. The Hall–Kier alpha value is -2.19. The Kier molecular flexibility index (Phi) is 6.74. The van der Waals surface area contributed by atoms with Crippen LogP contribution in [0.3, 0.4) is 0 Å². The second-order valence-electron chi connectivity index (χ2n) is 7.96. The quantitative estimate of drug-likeness (QED) is 0.679. The molecule has 2 heterocycles. The number of benzene rings is 1. The van der Waals surface area contributed by atoms with Crippen molar-refractivity contribution < 1.29 is 9.53 Å². The van der Waals surface area contributed by atoms with Crippen LogP contribution in [0, 0.1) is 5.92 Å². The predicted octanol–water partition coefficient (Wildman–Crippen LogP) is 4.21. The number of hydrogen-bond acceptors (Lipinski definition) is 7. The molecule has 2 aromatic rings. The van der Waals surface area contributed by atoms with Gasteiger partial charge in [0, 0.05) is 24.5 Å². The van der Waals surface area contributed by atoms with Crippen molar-refractivity contribution in [3.05, 3.63) is 35.6 Å². The molecule has 1 atom stereocenters. The van der Waals surface area contributed by atoms with E-state index in [1.807, 2.05) is 32.9 Å². The topological polar surface area (TPSA) is 93.4 Å². The van der Waals surface area contributed by atoms with Gasteiger partial charge in [0.25, 0.3) is 0 Å². The van der Waals surface area contributed by atoms with Crippen molar-refractivity contribution in [2.24, 2.45) is 5.92 Å². The van der Waals surface area contributed by atoms with Crippen LogP contribution in [0.1, 0.15) is 27.2 Å². The highest BCUT2D eigenvalue weighted by Crippen LogP contribution is 2.35. The number of nitrogens with two attached hydrogens (primary N) is 1. The van der Waals surface area contributed by atoms with Crippen LogP contribution in [0.4, 0.5) is 16.3 Å². The molecule has 9 heteroatoms. The summed E-state index contributed by atoms with van der Waals surface area (Å²) < 4.78 is 5.28. The van der Waals surface area contributed by atoms with E-state index in [4.69, 9.17) is 22.1 Å². The first-order valence-corrected chi connectivity index (χ1v) is 10.7. The Morgan fingerprint density at radius 2 is 2.17 bits per heavy atom. The number of ether oxygens (including phenoxy) is 1. The molecular formula is C20H26ClN5O2S. The lowest BCUT2D eigenvalue weighted by molar-refractivity contribution is 0.0520. The molecule has 7 nitrogen and oxygen atoms in total. The van der Waals surface area contributed by atoms with E-state index in [1.54, 1.807) is 18.5 Å². The van der Waals surface area contributed by atoms with Gasteiger partial charge < -0.3 is 20.7 Å². The van der Waals surface area contributed by atoms with Crippen molar-refractivity contribution in [2.75, 3.05) is 30.3 Å². The SMILES string of the molecule is CC(C)(C)OC(=O)NC[C@H]1CCN(c2cnc(Sc3cccc(N)c3Cl)cn2)C1. The number of nitrogens with zero attached hydrogens (tertiary/aromatic N) is 3. The van der Waals surface area contributed by atoms with Crippen molar-refractivity contribution in [1.29, 1.82) is 0 Å². The second-order valence-corrected chi connectivity index (χ2v) is 9.40. The number of nitrogens with one attached hydrogen (secondary N) is 1. The molecule has 0 aliphatic carbocycles. The minimum atomic E-state index is -0.489. The molecule has 1 aromatic carbocycles. The molecule has 1 amide bonds. The van der Waals surface area contributed by atoms with E-state index in [0.29, 0.717) is 23.2 Å². The number of hydrogen-bond donors (Lipinski definition) is 2. The van der Waals surface area contributed by atoms with Crippen molar-refractivity contribution in [3.8, 4) is 0 Å². The van der Waals surface area contributed by atoms with Gasteiger partial charge >= 0.3 is 6.09 Å². The third-order valence-corrected chi connectivity index (χ3v) is 5.88. The van der Waals surface area contributed by atoms with E-state index in [0.717, 1.165) is 35.2 Å². The Labute approximate surface area is 180 Å². The van der Waals surface area contributed by atoms with Crippen LogP contribution in [0.25, 0.3) is 0 Å². The second kappa shape index (κ2) is 9.09. The largest absolute Gasteiger partial charge is 0.444 e. The number of anilines is 2. The van der Waals surface area contributed by atoms with Gasteiger partial charge in [-0.2, -0.15) is 0 Å². The Bertz CT molecular complexity index is 857. The maximum absolute atomic E-state index is 11.8. The van der Waals surface area contributed by atoms with Crippen LogP contribution in [-0.4, -0.2) is 41.3 Å². The number of carbonyl (C=O) groups excluding carboxylic acids is 1. The van der Waals surface area contributed by atoms with Gasteiger partial charge in [-0.3, -0.25) is 0 Å². The summed E-state index contributed by atoms with van der Waals surface area (Å²) in [4.78, 5) is 23.9. The van der Waals surface area contributed by atoms with E-state index in [2.05, 4.69) is 20.2 Å². The Morgan fingerprint density at radius 3 is 2.86 bits per heavy atom. The Morgan fingerprint density at radius 1 is 1.38 bits per heavy atom. The lowest BCUT2D eigenvalue weighted by Gasteiger charge is -2.21. The van der Waals surface area contributed by atoms with E-state index in [9.17, 15) is 4.79 Å². The zero-order chi connectivity index (χ0) is 21.0. The summed E-state index contributed by atoms with van der Waals surface area (Å²) in [7, 11) is 0. The van der Waals surface area contributed by atoms with Crippen molar-refractivity contribution >= 4 is 41.0 Å². The normalized spacial score (nSPS) is 16.7. The fourth-order valence-corrected chi connectivity index (χ4v) is 4.03. The molecule has 1 saturated heterocycles. The molecule has 1 aliphatic heterocycles. The van der Waals surface area contributed by atoms with Crippen molar-refractivity contribution in [2.45, 2.75) is 42.7 Å². The number of nitrogen functional groups attached to an aromatic ring is 1. The van der Waals surface area contributed by atoms with Crippen LogP contribution in [0.5, 0.6) is 0 Å². The summed E-state index contributed by atoms with van der Waals surface area (Å²) in [6, 6.07) is 5.53. The fraction of sp³-hybridized carbons (Fsp3) is 0.450. The first kappa shape index (κ1) is 21.5. The van der Waals surface area contributed by atoms with Crippen LogP contribution in [0.2, 0.25) is 5.02 Å². The number of aromatic nitrogens is 2. The highest BCUT2D eigenvalue weighted by Gasteiger charge is 2.25. The van der Waals surface area contributed by atoms with Crippen LogP contribution >= 0.6 is 23.4 Å². The van der Waals surface area contributed by atoms with Gasteiger partial charge in [-0.15, -0.1) is 0 Å². The van der Waals surface area contributed by atoms with Gasteiger partial charge in [0.2, 0.25) is 0 Å². The van der Waals surface area contributed by atoms with E-state index >= 15 is 0 Å². The summed E-state index contributed by atoms with van der Waals surface area (Å²) in [5, 5.41) is 4.13. The molecule has 0 unspecified atom stereocenters. The third kappa shape index (κ3) is 6.14. The van der Waals surface area contributed by atoms with Crippen molar-refractivity contribution in [1.82, 2.24) is 15.3 Å². The fourth-order valence-electron chi connectivity index (χ4n) is 2.99. The van der Waals surface area contributed by atoms with Crippen molar-refractivity contribution in [3.63, 3.8) is 0 Å². The minimum absolute atomic E-state index is 0.351. The molecule has 1 aromatic heterocycles. The van der Waals surface area contributed by atoms with Gasteiger partial charge in [-0.25, -0.2) is 14.8 Å². The highest BCUT2D eigenvalue weighted by atomic mass is 35.5. The summed E-state index contributed by atoms with van der Waals surface area (Å²) in [5.74, 6) is 1.18. The van der Waals surface area contributed by atoms with E-state index in [1.165, 1.54) is 11.8 Å². The minimum Gasteiger partial charge on any atom is -0.444 e.